The molecule has 3 rings (SSSR count). The van der Waals surface area contributed by atoms with Crippen LogP contribution in [0.15, 0.2) is 24.3 Å². The Balaban J connectivity index is 2.20. The number of aromatic nitrogens is 1. The molecule has 0 spiro atoms. The number of aliphatic carboxylic acids is 1. The number of pyridine rings is 1. The van der Waals surface area contributed by atoms with Gasteiger partial charge in [-0.15, -0.1) is 0 Å². The zero-order valence-corrected chi connectivity index (χ0v) is 14.0. The third-order valence-corrected chi connectivity index (χ3v) is 4.68. The van der Waals surface area contributed by atoms with Crippen LogP contribution in [0.25, 0.3) is 10.9 Å². The van der Waals surface area contributed by atoms with E-state index < -0.39 is 5.97 Å². The van der Waals surface area contributed by atoms with Crippen LogP contribution in [0.4, 0.5) is 5.69 Å². The number of anilines is 1. The zero-order chi connectivity index (χ0) is 16.6. The second-order valence-electron chi connectivity index (χ2n) is 6.96. The van der Waals surface area contributed by atoms with Gasteiger partial charge in [-0.1, -0.05) is 32.0 Å². The predicted octanol–water partition coefficient (Wildman–Crippen LogP) is 3.65. The number of fused-ring (bicyclic) bond motifs is 1. The first kappa shape index (κ1) is 15.8. The van der Waals surface area contributed by atoms with E-state index in [1.165, 1.54) is 6.42 Å². The summed E-state index contributed by atoms with van der Waals surface area (Å²) in [6.07, 6.45) is 1.25. The highest BCUT2D eigenvalue weighted by atomic mass is 16.4. The molecule has 1 aromatic carbocycles. The fourth-order valence-electron chi connectivity index (χ4n) is 3.92. The highest BCUT2D eigenvalue weighted by Crippen LogP contribution is 2.35. The van der Waals surface area contributed by atoms with Crippen molar-refractivity contribution in [3.8, 4) is 0 Å². The van der Waals surface area contributed by atoms with Gasteiger partial charge in [0.05, 0.1) is 17.6 Å². The molecule has 1 aliphatic heterocycles. The number of carbonyl (C=O) groups is 1. The molecule has 0 saturated carbocycles. The van der Waals surface area contributed by atoms with Crippen LogP contribution < -0.4 is 4.90 Å². The van der Waals surface area contributed by atoms with Gasteiger partial charge in [-0.3, -0.25) is 9.78 Å². The summed E-state index contributed by atoms with van der Waals surface area (Å²) in [5.74, 6) is 0.428. The molecule has 0 amide bonds. The molecule has 2 atom stereocenters. The maximum atomic E-state index is 11.4. The molecule has 1 fully saturated rings. The summed E-state index contributed by atoms with van der Waals surface area (Å²) in [5.41, 5.74) is 3.71. The number of rotatable bonds is 3. The molecule has 0 bridgehead atoms. The van der Waals surface area contributed by atoms with Gasteiger partial charge in [0.1, 0.15) is 0 Å². The smallest absolute Gasteiger partial charge is 0.307 e. The summed E-state index contributed by atoms with van der Waals surface area (Å²) in [7, 11) is 0. The number of piperidine rings is 1. The Bertz CT molecular complexity index is 731. The van der Waals surface area contributed by atoms with Crippen LogP contribution >= 0.6 is 0 Å². The Hall–Kier alpha value is -2.10. The molecule has 122 valence electrons. The van der Waals surface area contributed by atoms with Crippen molar-refractivity contribution in [1.29, 1.82) is 0 Å². The molecule has 0 radical (unpaired) electrons. The van der Waals surface area contributed by atoms with Crippen molar-refractivity contribution in [2.75, 3.05) is 18.0 Å². The normalized spacial score (nSPS) is 21.6. The second-order valence-corrected chi connectivity index (χ2v) is 6.96. The van der Waals surface area contributed by atoms with Crippen LogP contribution in [0.3, 0.4) is 0 Å². The molecule has 1 N–H and O–H groups in total. The van der Waals surface area contributed by atoms with Crippen molar-refractivity contribution in [2.24, 2.45) is 11.8 Å². The summed E-state index contributed by atoms with van der Waals surface area (Å²) < 4.78 is 0. The maximum Gasteiger partial charge on any atom is 0.307 e. The van der Waals surface area contributed by atoms with Crippen molar-refractivity contribution in [2.45, 2.75) is 33.6 Å². The molecule has 1 saturated heterocycles. The Morgan fingerprint density at radius 3 is 2.57 bits per heavy atom. The minimum atomic E-state index is -0.801. The van der Waals surface area contributed by atoms with Crippen molar-refractivity contribution < 1.29 is 9.90 Å². The molecule has 1 aromatic heterocycles. The van der Waals surface area contributed by atoms with Gasteiger partial charge in [0.2, 0.25) is 0 Å². The van der Waals surface area contributed by atoms with E-state index in [4.69, 9.17) is 0 Å². The largest absolute Gasteiger partial charge is 0.481 e. The average molecular weight is 312 g/mol. The topological polar surface area (TPSA) is 53.4 Å². The molecule has 2 unspecified atom stereocenters. The van der Waals surface area contributed by atoms with Gasteiger partial charge in [0, 0.05) is 29.7 Å². The van der Waals surface area contributed by atoms with E-state index in [1.54, 1.807) is 0 Å². The lowest BCUT2D eigenvalue weighted by Gasteiger charge is -2.38. The number of aryl methyl sites for hydroxylation is 1. The molecular formula is C19H24N2O2. The number of carboxylic acids is 1. The number of hydrogen-bond donors (Lipinski definition) is 1. The zero-order valence-electron chi connectivity index (χ0n) is 14.0. The maximum absolute atomic E-state index is 11.4. The van der Waals surface area contributed by atoms with Crippen molar-refractivity contribution in [1.82, 2.24) is 4.98 Å². The molecule has 0 aliphatic carbocycles. The summed E-state index contributed by atoms with van der Waals surface area (Å²) in [4.78, 5) is 18.4. The van der Waals surface area contributed by atoms with E-state index >= 15 is 0 Å². The fraction of sp³-hybridized carbons (Fsp3) is 0.474. The van der Waals surface area contributed by atoms with Crippen LogP contribution in [-0.2, 0) is 11.2 Å². The molecule has 1 aliphatic rings. The SMILES string of the molecule is Cc1nc2ccccc2c(N2CC(C)CC(C)C2)c1CC(=O)O. The molecular weight excluding hydrogens is 288 g/mol. The average Bonchev–Trinajstić information content (AvgIpc) is 2.46. The standard InChI is InChI=1S/C19H24N2O2/c1-12-8-13(2)11-21(10-12)19-15-6-4-5-7-17(15)20-14(3)16(19)9-18(22)23/h4-7,12-13H,8-11H2,1-3H3,(H,22,23). The summed E-state index contributed by atoms with van der Waals surface area (Å²) in [6, 6.07) is 8.06. The Kier molecular flexibility index (Phi) is 4.24. The third kappa shape index (κ3) is 3.16. The van der Waals surface area contributed by atoms with Crippen LogP contribution in [-0.4, -0.2) is 29.1 Å². The molecule has 23 heavy (non-hydrogen) atoms. The fourth-order valence-corrected chi connectivity index (χ4v) is 3.92. The number of para-hydroxylation sites is 1. The minimum absolute atomic E-state index is 0.0261. The lowest BCUT2D eigenvalue weighted by atomic mass is 9.90. The number of hydrogen-bond acceptors (Lipinski definition) is 3. The lowest BCUT2D eigenvalue weighted by Crippen LogP contribution is -2.39. The van der Waals surface area contributed by atoms with Crippen molar-refractivity contribution >= 4 is 22.6 Å². The molecule has 2 aromatic rings. The second kappa shape index (κ2) is 6.19. The first-order valence-corrected chi connectivity index (χ1v) is 8.30. The van der Waals surface area contributed by atoms with Crippen LogP contribution in [0.5, 0.6) is 0 Å². The summed E-state index contributed by atoms with van der Waals surface area (Å²) in [6.45, 7) is 8.42. The first-order valence-electron chi connectivity index (χ1n) is 8.30. The lowest BCUT2D eigenvalue weighted by molar-refractivity contribution is -0.136. The Labute approximate surface area is 137 Å². The summed E-state index contributed by atoms with van der Waals surface area (Å²) in [5, 5.41) is 10.4. The number of nitrogens with zero attached hydrogens (tertiary/aromatic N) is 2. The van der Waals surface area contributed by atoms with Crippen molar-refractivity contribution in [3.63, 3.8) is 0 Å². The number of benzene rings is 1. The highest BCUT2D eigenvalue weighted by Gasteiger charge is 2.26. The highest BCUT2D eigenvalue weighted by molar-refractivity contribution is 5.95. The van der Waals surface area contributed by atoms with Gasteiger partial charge < -0.3 is 10.0 Å². The van der Waals surface area contributed by atoms with Crippen LogP contribution in [0, 0.1) is 18.8 Å². The third-order valence-electron chi connectivity index (χ3n) is 4.68. The van der Waals surface area contributed by atoms with Gasteiger partial charge in [-0.2, -0.15) is 0 Å². The quantitative estimate of drug-likeness (QED) is 0.940. The van der Waals surface area contributed by atoms with E-state index in [9.17, 15) is 9.90 Å². The predicted molar refractivity (Wildman–Crippen MR) is 93.0 cm³/mol. The Morgan fingerprint density at radius 1 is 1.26 bits per heavy atom. The summed E-state index contributed by atoms with van der Waals surface area (Å²) >= 11 is 0. The van der Waals surface area contributed by atoms with E-state index in [0.717, 1.165) is 40.9 Å². The van der Waals surface area contributed by atoms with E-state index in [0.29, 0.717) is 11.8 Å². The Morgan fingerprint density at radius 2 is 1.91 bits per heavy atom. The van der Waals surface area contributed by atoms with Gasteiger partial charge in [-0.05, 0) is 31.2 Å². The van der Waals surface area contributed by atoms with Gasteiger partial charge >= 0.3 is 5.97 Å². The molecule has 4 heteroatoms. The van der Waals surface area contributed by atoms with Crippen molar-refractivity contribution in [3.05, 3.63) is 35.5 Å². The van der Waals surface area contributed by atoms with Gasteiger partial charge in [0.25, 0.3) is 0 Å². The van der Waals surface area contributed by atoms with Gasteiger partial charge in [-0.25, -0.2) is 0 Å². The molecule has 4 nitrogen and oxygen atoms in total. The van der Waals surface area contributed by atoms with Gasteiger partial charge in [0.15, 0.2) is 0 Å². The van der Waals surface area contributed by atoms with Crippen LogP contribution in [0.1, 0.15) is 31.5 Å². The first-order chi connectivity index (χ1) is 11.0. The van der Waals surface area contributed by atoms with Crippen LogP contribution in [0.2, 0.25) is 0 Å². The van der Waals surface area contributed by atoms with E-state index in [2.05, 4.69) is 29.8 Å². The van der Waals surface area contributed by atoms with E-state index in [-0.39, 0.29) is 6.42 Å². The number of carboxylic acid groups (broad SMARTS) is 1. The minimum Gasteiger partial charge on any atom is -0.481 e. The monoisotopic (exact) mass is 312 g/mol. The van der Waals surface area contributed by atoms with E-state index in [1.807, 2.05) is 25.1 Å². The molecule has 2 heterocycles.